The monoisotopic (exact) mass is 386 g/mol. The van der Waals surface area contributed by atoms with Crippen molar-refractivity contribution in [2.75, 3.05) is 39.3 Å². The molecule has 0 spiro atoms. The van der Waals surface area contributed by atoms with E-state index in [4.69, 9.17) is 4.74 Å². The Labute approximate surface area is 171 Å². The van der Waals surface area contributed by atoms with E-state index in [-0.39, 0.29) is 0 Å². The molecule has 0 atom stereocenters. The van der Waals surface area contributed by atoms with Gasteiger partial charge in [-0.2, -0.15) is 0 Å². The lowest BCUT2D eigenvalue weighted by molar-refractivity contribution is 0.00566. The fourth-order valence-electron chi connectivity index (χ4n) is 3.36. The first-order valence-electron chi connectivity index (χ1n) is 10.8. The number of hydrogen-bond acceptors (Lipinski definition) is 3. The SMILES string of the molecule is C/C=C/CCNC(=NCCCOC1CCN(Cc2ccccc2)CC1)NCC. The molecule has 1 aliphatic rings. The third-order valence-electron chi connectivity index (χ3n) is 4.89. The molecule has 1 fully saturated rings. The molecule has 1 aliphatic heterocycles. The summed E-state index contributed by atoms with van der Waals surface area (Å²) in [5.41, 5.74) is 1.40. The van der Waals surface area contributed by atoms with Crippen LogP contribution in [0.25, 0.3) is 0 Å². The molecule has 1 aromatic carbocycles. The fourth-order valence-corrected chi connectivity index (χ4v) is 3.36. The molecule has 0 aliphatic carbocycles. The highest BCUT2D eigenvalue weighted by Gasteiger charge is 2.19. The average molecular weight is 387 g/mol. The molecule has 5 heteroatoms. The van der Waals surface area contributed by atoms with Crippen LogP contribution in [-0.4, -0.2) is 56.3 Å². The molecule has 0 saturated carbocycles. The number of benzene rings is 1. The smallest absolute Gasteiger partial charge is 0.191 e. The van der Waals surface area contributed by atoms with Crippen LogP contribution in [0.2, 0.25) is 0 Å². The van der Waals surface area contributed by atoms with Crippen LogP contribution < -0.4 is 10.6 Å². The predicted molar refractivity (Wildman–Crippen MR) is 119 cm³/mol. The van der Waals surface area contributed by atoms with Gasteiger partial charge in [0.05, 0.1) is 6.10 Å². The maximum absolute atomic E-state index is 6.09. The van der Waals surface area contributed by atoms with Gasteiger partial charge in [0.1, 0.15) is 0 Å². The summed E-state index contributed by atoms with van der Waals surface area (Å²) in [6.45, 7) is 10.8. The highest BCUT2D eigenvalue weighted by atomic mass is 16.5. The second-order valence-electron chi connectivity index (χ2n) is 7.23. The van der Waals surface area contributed by atoms with Crippen LogP contribution in [0.4, 0.5) is 0 Å². The zero-order valence-corrected chi connectivity index (χ0v) is 17.7. The second-order valence-corrected chi connectivity index (χ2v) is 7.23. The summed E-state index contributed by atoms with van der Waals surface area (Å²) in [7, 11) is 0. The number of guanidine groups is 1. The maximum atomic E-state index is 6.09. The van der Waals surface area contributed by atoms with Gasteiger partial charge in [-0.3, -0.25) is 9.89 Å². The molecule has 0 aromatic heterocycles. The van der Waals surface area contributed by atoms with E-state index in [1.807, 2.05) is 6.92 Å². The molecule has 2 N–H and O–H groups in total. The largest absolute Gasteiger partial charge is 0.378 e. The van der Waals surface area contributed by atoms with Gasteiger partial charge in [0, 0.05) is 45.9 Å². The Balaban J connectivity index is 1.56. The van der Waals surface area contributed by atoms with Crippen molar-refractivity contribution in [2.24, 2.45) is 4.99 Å². The van der Waals surface area contributed by atoms with Gasteiger partial charge < -0.3 is 15.4 Å². The summed E-state index contributed by atoms with van der Waals surface area (Å²) in [6.07, 6.45) is 8.90. The summed E-state index contributed by atoms with van der Waals surface area (Å²) in [4.78, 5) is 7.16. The summed E-state index contributed by atoms with van der Waals surface area (Å²) >= 11 is 0. The number of rotatable bonds is 11. The molecular weight excluding hydrogens is 348 g/mol. The van der Waals surface area contributed by atoms with Crippen LogP contribution in [0.15, 0.2) is 47.5 Å². The topological polar surface area (TPSA) is 48.9 Å². The third kappa shape index (κ3) is 9.38. The van der Waals surface area contributed by atoms with E-state index in [9.17, 15) is 0 Å². The Bertz CT molecular complexity index is 565. The molecule has 0 radical (unpaired) electrons. The van der Waals surface area contributed by atoms with Gasteiger partial charge in [0.15, 0.2) is 5.96 Å². The van der Waals surface area contributed by atoms with Crippen molar-refractivity contribution in [3.05, 3.63) is 48.0 Å². The van der Waals surface area contributed by atoms with E-state index < -0.39 is 0 Å². The van der Waals surface area contributed by atoms with Gasteiger partial charge in [0.2, 0.25) is 0 Å². The number of piperidine rings is 1. The molecule has 1 aromatic rings. The van der Waals surface area contributed by atoms with Gasteiger partial charge in [0.25, 0.3) is 0 Å². The first-order valence-corrected chi connectivity index (χ1v) is 10.8. The number of hydrogen-bond donors (Lipinski definition) is 2. The minimum atomic E-state index is 0.406. The molecule has 2 rings (SSSR count). The number of likely N-dealkylation sites (tertiary alicyclic amines) is 1. The number of ether oxygens (including phenoxy) is 1. The molecule has 5 nitrogen and oxygen atoms in total. The Kier molecular flexibility index (Phi) is 11.4. The number of allylic oxidation sites excluding steroid dienone is 1. The Morgan fingerprint density at radius 2 is 2.00 bits per heavy atom. The van der Waals surface area contributed by atoms with Crippen LogP contribution in [-0.2, 0) is 11.3 Å². The van der Waals surface area contributed by atoms with E-state index in [0.717, 1.165) is 77.5 Å². The molecule has 1 saturated heterocycles. The quantitative estimate of drug-likeness (QED) is 0.264. The molecule has 0 amide bonds. The standard InChI is InChI=1S/C23H38N4O/c1-3-5-9-15-25-23(24-4-2)26-16-10-19-28-22-13-17-27(18-14-22)20-21-11-7-6-8-12-21/h3,5-8,11-12,22H,4,9-10,13-20H2,1-2H3,(H2,24,25,26)/b5-3+. The lowest BCUT2D eigenvalue weighted by Crippen LogP contribution is -2.38. The molecular formula is C23H38N4O. The van der Waals surface area contributed by atoms with Gasteiger partial charge in [-0.25, -0.2) is 0 Å². The maximum Gasteiger partial charge on any atom is 0.191 e. The van der Waals surface area contributed by atoms with E-state index in [1.54, 1.807) is 0 Å². The lowest BCUT2D eigenvalue weighted by atomic mass is 10.1. The van der Waals surface area contributed by atoms with Crippen molar-refractivity contribution in [1.29, 1.82) is 0 Å². The average Bonchev–Trinajstić information content (AvgIpc) is 2.73. The van der Waals surface area contributed by atoms with Crippen molar-refractivity contribution in [1.82, 2.24) is 15.5 Å². The van der Waals surface area contributed by atoms with E-state index in [0.29, 0.717) is 6.10 Å². The highest BCUT2D eigenvalue weighted by Crippen LogP contribution is 2.16. The van der Waals surface area contributed by atoms with Gasteiger partial charge in [-0.15, -0.1) is 0 Å². The van der Waals surface area contributed by atoms with E-state index in [2.05, 4.69) is 69.9 Å². The summed E-state index contributed by atoms with van der Waals surface area (Å²) in [6, 6.07) is 10.7. The first-order chi connectivity index (χ1) is 13.8. The van der Waals surface area contributed by atoms with Crippen molar-refractivity contribution in [3.8, 4) is 0 Å². The van der Waals surface area contributed by atoms with Crippen molar-refractivity contribution in [2.45, 2.75) is 52.2 Å². The van der Waals surface area contributed by atoms with Gasteiger partial charge >= 0.3 is 0 Å². The van der Waals surface area contributed by atoms with Crippen LogP contribution in [0.5, 0.6) is 0 Å². The van der Waals surface area contributed by atoms with Crippen LogP contribution >= 0.6 is 0 Å². The fraction of sp³-hybridized carbons (Fsp3) is 0.609. The minimum Gasteiger partial charge on any atom is -0.378 e. The first kappa shape index (κ1) is 22.4. The number of nitrogens with one attached hydrogen (secondary N) is 2. The van der Waals surface area contributed by atoms with Crippen LogP contribution in [0, 0.1) is 0 Å². The number of aliphatic imine (C=N–C) groups is 1. The Morgan fingerprint density at radius 3 is 2.71 bits per heavy atom. The van der Waals surface area contributed by atoms with E-state index in [1.165, 1.54) is 5.56 Å². The number of nitrogens with zero attached hydrogens (tertiary/aromatic N) is 2. The zero-order chi connectivity index (χ0) is 19.9. The normalized spacial score (nSPS) is 16.6. The summed E-state index contributed by atoms with van der Waals surface area (Å²) < 4.78 is 6.09. The second kappa shape index (κ2) is 14.2. The van der Waals surface area contributed by atoms with E-state index >= 15 is 0 Å². The molecule has 28 heavy (non-hydrogen) atoms. The zero-order valence-electron chi connectivity index (χ0n) is 17.7. The Morgan fingerprint density at radius 1 is 1.21 bits per heavy atom. The van der Waals surface area contributed by atoms with Crippen LogP contribution in [0.1, 0.15) is 45.1 Å². The summed E-state index contributed by atoms with van der Waals surface area (Å²) in [5.74, 6) is 0.904. The van der Waals surface area contributed by atoms with Gasteiger partial charge in [-0.05, 0) is 45.1 Å². The molecule has 1 heterocycles. The van der Waals surface area contributed by atoms with Crippen molar-refractivity contribution in [3.63, 3.8) is 0 Å². The minimum absolute atomic E-state index is 0.406. The highest BCUT2D eigenvalue weighted by molar-refractivity contribution is 5.79. The van der Waals surface area contributed by atoms with Gasteiger partial charge in [-0.1, -0.05) is 42.5 Å². The Hall–Kier alpha value is -1.85. The molecule has 0 unspecified atom stereocenters. The van der Waals surface area contributed by atoms with Crippen LogP contribution in [0.3, 0.4) is 0 Å². The predicted octanol–water partition coefficient (Wildman–Crippen LogP) is 3.58. The molecule has 0 bridgehead atoms. The van der Waals surface area contributed by atoms with Crippen molar-refractivity contribution >= 4 is 5.96 Å². The van der Waals surface area contributed by atoms with Crippen molar-refractivity contribution < 1.29 is 4.74 Å². The summed E-state index contributed by atoms with van der Waals surface area (Å²) in [5, 5.41) is 6.65. The molecule has 156 valence electrons. The third-order valence-corrected chi connectivity index (χ3v) is 4.89. The lowest BCUT2D eigenvalue weighted by Gasteiger charge is -2.31.